The number of nitrogens with zero attached hydrogens (tertiary/aromatic N) is 2. The lowest BCUT2D eigenvalue weighted by Crippen LogP contribution is -2.44. The van der Waals surface area contributed by atoms with Crippen LogP contribution in [-0.2, 0) is 0 Å². The molecule has 84 valence electrons. The number of aliphatic hydroxyl groups is 1. The Morgan fingerprint density at radius 3 is 2.53 bits per heavy atom. The number of hydrogen-bond acceptors (Lipinski definition) is 3. The van der Waals surface area contributed by atoms with Crippen molar-refractivity contribution in [1.29, 1.82) is 5.26 Å². The van der Waals surface area contributed by atoms with Gasteiger partial charge in [0.05, 0.1) is 18.6 Å². The van der Waals surface area contributed by atoms with Gasteiger partial charge in [0.25, 0.3) is 0 Å². The van der Waals surface area contributed by atoms with Crippen LogP contribution in [0.25, 0.3) is 0 Å². The Morgan fingerprint density at radius 1 is 1.20 bits per heavy atom. The second-order valence-corrected chi connectivity index (χ2v) is 4.78. The largest absolute Gasteiger partial charge is 0.395 e. The van der Waals surface area contributed by atoms with Crippen LogP contribution < -0.4 is 0 Å². The molecule has 0 radical (unpaired) electrons. The number of aliphatic hydroxyl groups excluding tert-OH is 1. The highest BCUT2D eigenvalue weighted by Crippen LogP contribution is 2.35. The molecule has 2 unspecified atom stereocenters. The number of rotatable bonds is 4. The van der Waals surface area contributed by atoms with E-state index in [4.69, 9.17) is 10.4 Å². The minimum absolute atomic E-state index is 0.200. The molecule has 0 saturated heterocycles. The van der Waals surface area contributed by atoms with Gasteiger partial charge in [0, 0.05) is 18.6 Å². The zero-order valence-corrected chi connectivity index (χ0v) is 9.23. The van der Waals surface area contributed by atoms with E-state index in [2.05, 4.69) is 11.0 Å². The summed E-state index contributed by atoms with van der Waals surface area (Å²) in [5, 5.41) is 18.2. The molecule has 2 aliphatic rings. The predicted molar refractivity (Wildman–Crippen MR) is 58.2 cm³/mol. The van der Waals surface area contributed by atoms with Crippen molar-refractivity contribution in [2.45, 2.75) is 50.6 Å². The Morgan fingerprint density at radius 2 is 1.93 bits per heavy atom. The predicted octanol–water partition coefficient (Wildman–Crippen LogP) is 1.53. The molecule has 2 saturated carbocycles. The summed E-state index contributed by atoms with van der Waals surface area (Å²) in [7, 11) is 0. The summed E-state index contributed by atoms with van der Waals surface area (Å²) in [5.74, 6) is 0.200. The van der Waals surface area contributed by atoms with Gasteiger partial charge in [-0.2, -0.15) is 5.26 Å². The van der Waals surface area contributed by atoms with Gasteiger partial charge < -0.3 is 5.11 Å². The van der Waals surface area contributed by atoms with Crippen molar-refractivity contribution in [2.75, 3.05) is 13.2 Å². The summed E-state index contributed by atoms with van der Waals surface area (Å²) >= 11 is 0. The fraction of sp³-hybridized carbons (Fsp3) is 0.917. The number of nitriles is 1. The molecule has 2 fully saturated rings. The lowest BCUT2D eigenvalue weighted by molar-refractivity contribution is 0.0948. The Hall–Kier alpha value is -0.590. The van der Waals surface area contributed by atoms with Gasteiger partial charge in [-0.15, -0.1) is 0 Å². The van der Waals surface area contributed by atoms with Crippen molar-refractivity contribution >= 4 is 0 Å². The van der Waals surface area contributed by atoms with E-state index < -0.39 is 0 Å². The first-order valence-electron chi connectivity index (χ1n) is 6.13. The molecule has 3 heteroatoms. The van der Waals surface area contributed by atoms with E-state index in [1.54, 1.807) is 0 Å². The molecule has 15 heavy (non-hydrogen) atoms. The SMILES string of the molecule is N#CC1CCCCC1N(CCO)C1CC1. The van der Waals surface area contributed by atoms with E-state index in [0.29, 0.717) is 12.1 Å². The zero-order valence-electron chi connectivity index (χ0n) is 9.23. The van der Waals surface area contributed by atoms with Crippen LogP contribution in [0.5, 0.6) is 0 Å². The molecule has 0 aliphatic heterocycles. The van der Waals surface area contributed by atoms with E-state index in [1.165, 1.54) is 25.7 Å². The van der Waals surface area contributed by atoms with Crippen molar-refractivity contribution in [3.63, 3.8) is 0 Å². The standard InChI is InChI=1S/C12H20N2O/c13-9-10-3-1-2-4-12(10)14(7-8-15)11-5-6-11/h10-12,15H,1-8H2. The molecule has 0 bridgehead atoms. The zero-order chi connectivity index (χ0) is 10.7. The lowest BCUT2D eigenvalue weighted by atomic mass is 9.84. The van der Waals surface area contributed by atoms with E-state index >= 15 is 0 Å². The topological polar surface area (TPSA) is 47.3 Å². The Bertz CT molecular complexity index is 244. The van der Waals surface area contributed by atoms with E-state index in [-0.39, 0.29) is 12.5 Å². The van der Waals surface area contributed by atoms with Gasteiger partial charge in [-0.3, -0.25) is 4.90 Å². The molecule has 0 spiro atoms. The summed E-state index contributed by atoms with van der Waals surface area (Å²) in [6.45, 7) is 0.985. The molecule has 2 atom stereocenters. The minimum Gasteiger partial charge on any atom is -0.395 e. The van der Waals surface area contributed by atoms with E-state index in [0.717, 1.165) is 19.4 Å². The quantitative estimate of drug-likeness (QED) is 0.762. The van der Waals surface area contributed by atoms with Gasteiger partial charge in [0.2, 0.25) is 0 Å². The van der Waals surface area contributed by atoms with Crippen molar-refractivity contribution in [2.24, 2.45) is 5.92 Å². The van der Waals surface area contributed by atoms with Gasteiger partial charge in [-0.25, -0.2) is 0 Å². The second-order valence-electron chi connectivity index (χ2n) is 4.78. The molecule has 0 aromatic carbocycles. The summed E-state index contributed by atoms with van der Waals surface area (Å²) < 4.78 is 0. The summed E-state index contributed by atoms with van der Waals surface area (Å²) in [5.41, 5.74) is 0. The molecule has 2 aliphatic carbocycles. The third kappa shape index (κ3) is 2.50. The van der Waals surface area contributed by atoms with Crippen molar-refractivity contribution < 1.29 is 5.11 Å². The lowest BCUT2D eigenvalue weighted by Gasteiger charge is -2.37. The van der Waals surface area contributed by atoms with Crippen LogP contribution in [0, 0.1) is 17.2 Å². The van der Waals surface area contributed by atoms with Crippen molar-refractivity contribution in [3.05, 3.63) is 0 Å². The summed E-state index contributed by atoms with van der Waals surface area (Å²) in [6, 6.07) is 3.54. The first-order valence-corrected chi connectivity index (χ1v) is 6.13. The van der Waals surface area contributed by atoms with Crippen molar-refractivity contribution in [3.8, 4) is 6.07 Å². The average Bonchev–Trinajstić information content (AvgIpc) is 3.10. The van der Waals surface area contributed by atoms with Gasteiger partial charge in [0.1, 0.15) is 0 Å². The van der Waals surface area contributed by atoms with Gasteiger partial charge >= 0.3 is 0 Å². The van der Waals surface area contributed by atoms with Crippen LogP contribution in [0.3, 0.4) is 0 Å². The third-order valence-electron chi connectivity index (χ3n) is 3.70. The molecule has 0 aromatic heterocycles. The van der Waals surface area contributed by atoms with Crippen LogP contribution in [0.15, 0.2) is 0 Å². The van der Waals surface area contributed by atoms with Gasteiger partial charge in [-0.1, -0.05) is 12.8 Å². The second kappa shape index (κ2) is 4.96. The first-order chi connectivity index (χ1) is 7.36. The smallest absolute Gasteiger partial charge is 0.0672 e. The minimum atomic E-state index is 0.200. The van der Waals surface area contributed by atoms with Crippen LogP contribution in [0.2, 0.25) is 0 Å². The molecule has 0 aromatic rings. The normalized spacial score (nSPS) is 31.5. The number of hydrogen-bond donors (Lipinski definition) is 1. The van der Waals surface area contributed by atoms with Gasteiger partial charge in [0.15, 0.2) is 0 Å². The van der Waals surface area contributed by atoms with Crippen LogP contribution in [-0.4, -0.2) is 35.2 Å². The van der Waals surface area contributed by atoms with Gasteiger partial charge in [-0.05, 0) is 25.7 Å². The fourth-order valence-electron chi connectivity index (χ4n) is 2.80. The molecule has 2 rings (SSSR count). The van der Waals surface area contributed by atoms with Crippen LogP contribution in [0.1, 0.15) is 38.5 Å². The van der Waals surface area contributed by atoms with Crippen LogP contribution in [0.4, 0.5) is 0 Å². The highest BCUT2D eigenvalue weighted by Gasteiger charge is 2.38. The highest BCUT2D eigenvalue weighted by atomic mass is 16.3. The maximum atomic E-state index is 9.14. The Balaban J connectivity index is 2.00. The molecule has 0 heterocycles. The summed E-state index contributed by atoms with van der Waals surface area (Å²) in [6.07, 6.45) is 7.16. The Labute approximate surface area is 91.7 Å². The molecular formula is C12H20N2O. The molecular weight excluding hydrogens is 188 g/mol. The van der Waals surface area contributed by atoms with Crippen molar-refractivity contribution in [1.82, 2.24) is 4.90 Å². The molecule has 3 nitrogen and oxygen atoms in total. The monoisotopic (exact) mass is 208 g/mol. The molecule has 0 amide bonds. The van der Waals surface area contributed by atoms with E-state index in [9.17, 15) is 0 Å². The maximum Gasteiger partial charge on any atom is 0.0672 e. The highest BCUT2D eigenvalue weighted by molar-refractivity contribution is 4.99. The molecule has 1 N–H and O–H groups in total. The summed E-state index contributed by atoms with van der Waals surface area (Å²) in [4.78, 5) is 2.40. The average molecular weight is 208 g/mol. The third-order valence-corrected chi connectivity index (χ3v) is 3.70. The Kier molecular flexibility index (Phi) is 3.61. The first kappa shape index (κ1) is 10.9. The van der Waals surface area contributed by atoms with E-state index in [1.807, 2.05) is 0 Å². The maximum absolute atomic E-state index is 9.14. The fourth-order valence-corrected chi connectivity index (χ4v) is 2.80. The van der Waals surface area contributed by atoms with Crippen LogP contribution >= 0.6 is 0 Å².